The fourth-order valence-electron chi connectivity index (χ4n) is 3.19. The molecule has 2 aliphatic carbocycles. The molecule has 0 bridgehead atoms. The van der Waals surface area contributed by atoms with E-state index in [0.29, 0.717) is 12.1 Å². The van der Waals surface area contributed by atoms with E-state index in [1.165, 1.54) is 36.8 Å². The van der Waals surface area contributed by atoms with Crippen LogP contribution in [-0.2, 0) is 12.8 Å². The van der Waals surface area contributed by atoms with Crippen molar-refractivity contribution in [3.05, 3.63) is 35.4 Å². The lowest BCUT2D eigenvalue weighted by atomic mass is 10.1. The molecule has 0 aliphatic heterocycles. The van der Waals surface area contributed by atoms with Crippen LogP contribution in [0.15, 0.2) is 29.3 Å². The van der Waals surface area contributed by atoms with E-state index in [4.69, 9.17) is 5.84 Å². The van der Waals surface area contributed by atoms with Gasteiger partial charge in [-0.3, -0.25) is 5.43 Å². The van der Waals surface area contributed by atoms with Crippen molar-refractivity contribution in [2.45, 2.75) is 50.6 Å². The van der Waals surface area contributed by atoms with Gasteiger partial charge < -0.3 is 5.32 Å². The van der Waals surface area contributed by atoms with Crippen LogP contribution >= 0.6 is 0 Å². The first-order valence-corrected chi connectivity index (χ1v) is 7.23. The van der Waals surface area contributed by atoms with Crippen molar-refractivity contribution in [1.82, 2.24) is 10.7 Å². The average Bonchev–Trinajstić information content (AvgIpc) is 3.06. The van der Waals surface area contributed by atoms with Crippen LogP contribution in [0, 0.1) is 0 Å². The molecule has 3 rings (SSSR count). The molecule has 1 fully saturated rings. The van der Waals surface area contributed by atoms with Crippen molar-refractivity contribution in [3.63, 3.8) is 0 Å². The molecule has 1 aromatic rings. The Morgan fingerprint density at radius 3 is 2.32 bits per heavy atom. The van der Waals surface area contributed by atoms with Crippen molar-refractivity contribution < 1.29 is 0 Å². The van der Waals surface area contributed by atoms with Gasteiger partial charge in [-0.25, -0.2) is 10.8 Å². The topological polar surface area (TPSA) is 62.4 Å². The molecule has 0 unspecified atom stereocenters. The monoisotopic (exact) mass is 258 g/mol. The summed E-state index contributed by atoms with van der Waals surface area (Å²) in [5.74, 6) is 6.35. The van der Waals surface area contributed by atoms with Gasteiger partial charge in [0.25, 0.3) is 0 Å². The Labute approximate surface area is 114 Å². The van der Waals surface area contributed by atoms with Crippen molar-refractivity contribution in [2.75, 3.05) is 0 Å². The molecule has 2 aliphatic rings. The number of hydrogen-bond acceptors (Lipinski definition) is 2. The smallest absolute Gasteiger partial charge is 0.206 e. The molecular formula is C15H22N4. The van der Waals surface area contributed by atoms with Crippen LogP contribution in [0.2, 0.25) is 0 Å². The molecule has 4 N–H and O–H groups in total. The lowest BCUT2D eigenvalue weighted by Crippen LogP contribution is -2.47. The van der Waals surface area contributed by atoms with Gasteiger partial charge in [-0.2, -0.15) is 0 Å². The van der Waals surface area contributed by atoms with Gasteiger partial charge in [-0.1, -0.05) is 37.1 Å². The van der Waals surface area contributed by atoms with Gasteiger partial charge in [0.15, 0.2) is 0 Å². The maximum absolute atomic E-state index is 5.59. The summed E-state index contributed by atoms with van der Waals surface area (Å²) in [5, 5.41) is 3.45. The van der Waals surface area contributed by atoms with Gasteiger partial charge in [0.2, 0.25) is 5.96 Å². The zero-order valence-electron chi connectivity index (χ0n) is 11.2. The van der Waals surface area contributed by atoms with Gasteiger partial charge in [0, 0.05) is 6.04 Å². The SMILES string of the molecule is NNC(=NC1CCCC1)NC1Cc2ccccc2C1. The highest BCUT2D eigenvalue weighted by molar-refractivity contribution is 5.79. The third kappa shape index (κ3) is 2.89. The molecule has 19 heavy (non-hydrogen) atoms. The number of benzene rings is 1. The Bertz CT molecular complexity index is 438. The quantitative estimate of drug-likeness (QED) is 0.326. The fraction of sp³-hybridized carbons (Fsp3) is 0.533. The number of nitrogens with zero attached hydrogens (tertiary/aromatic N) is 1. The number of fused-ring (bicyclic) bond motifs is 1. The first kappa shape index (κ1) is 12.5. The van der Waals surface area contributed by atoms with Gasteiger partial charge in [0.05, 0.1) is 6.04 Å². The molecule has 0 aromatic heterocycles. The molecule has 0 atom stereocenters. The first-order chi connectivity index (χ1) is 9.35. The van der Waals surface area contributed by atoms with Crippen molar-refractivity contribution >= 4 is 5.96 Å². The van der Waals surface area contributed by atoms with E-state index < -0.39 is 0 Å². The molecular weight excluding hydrogens is 236 g/mol. The van der Waals surface area contributed by atoms with E-state index in [-0.39, 0.29) is 0 Å². The second kappa shape index (κ2) is 5.61. The van der Waals surface area contributed by atoms with Gasteiger partial charge in [-0.15, -0.1) is 0 Å². The Morgan fingerprint density at radius 2 is 1.74 bits per heavy atom. The summed E-state index contributed by atoms with van der Waals surface area (Å²) in [6, 6.07) is 9.49. The minimum Gasteiger partial charge on any atom is -0.352 e. The van der Waals surface area contributed by atoms with Crippen molar-refractivity contribution in [1.29, 1.82) is 0 Å². The zero-order chi connectivity index (χ0) is 13.1. The Morgan fingerprint density at radius 1 is 1.11 bits per heavy atom. The molecule has 0 radical (unpaired) electrons. The van der Waals surface area contributed by atoms with Crippen LogP contribution in [0.1, 0.15) is 36.8 Å². The van der Waals surface area contributed by atoms with Crippen LogP contribution in [0.4, 0.5) is 0 Å². The number of nitrogens with two attached hydrogens (primary N) is 1. The van der Waals surface area contributed by atoms with Crippen LogP contribution in [-0.4, -0.2) is 18.0 Å². The molecule has 1 saturated carbocycles. The number of hydrogen-bond donors (Lipinski definition) is 3. The predicted molar refractivity (Wildman–Crippen MR) is 77.8 cm³/mol. The summed E-state index contributed by atoms with van der Waals surface area (Å²) in [7, 11) is 0. The Kier molecular flexibility index (Phi) is 3.69. The minimum absolute atomic E-state index is 0.411. The maximum Gasteiger partial charge on any atom is 0.206 e. The van der Waals surface area contributed by atoms with Gasteiger partial charge in [-0.05, 0) is 36.8 Å². The number of nitrogens with one attached hydrogen (secondary N) is 2. The highest BCUT2D eigenvalue weighted by atomic mass is 15.3. The molecule has 0 saturated heterocycles. The molecule has 0 spiro atoms. The third-order valence-corrected chi connectivity index (χ3v) is 4.16. The maximum atomic E-state index is 5.59. The number of guanidine groups is 1. The molecule has 4 nitrogen and oxygen atoms in total. The van der Waals surface area contributed by atoms with Gasteiger partial charge >= 0.3 is 0 Å². The highest BCUT2D eigenvalue weighted by Crippen LogP contribution is 2.22. The highest BCUT2D eigenvalue weighted by Gasteiger charge is 2.22. The lowest BCUT2D eigenvalue weighted by molar-refractivity contribution is 0.613. The average molecular weight is 258 g/mol. The van der Waals surface area contributed by atoms with E-state index in [0.717, 1.165) is 18.8 Å². The van der Waals surface area contributed by atoms with Crippen LogP contribution in [0.3, 0.4) is 0 Å². The van der Waals surface area contributed by atoms with Crippen LogP contribution in [0.25, 0.3) is 0 Å². The molecule has 1 aromatic carbocycles. The summed E-state index contributed by atoms with van der Waals surface area (Å²) in [6.07, 6.45) is 7.08. The van der Waals surface area contributed by atoms with E-state index in [9.17, 15) is 0 Å². The second-order valence-corrected chi connectivity index (χ2v) is 5.58. The zero-order valence-corrected chi connectivity index (χ0v) is 11.2. The number of aliphatic imine (C=N–C) groups is 1. The Hall–Kier alpha value is -1.55. The van der Waals surface area contributed by atoms with E-state index >= 15 is 0 Å². The van der Waals surface area contributed by atoms with E-state index in [2.05, 4.69) is 40.0 Å². The van der Waals surface area contributed by atoms with Gasteiger partial charge in [0.1, 0.15) is 0 Å². The molecule has 4 heteroatoms. The molecule has 0 heterocycles. The standard InChI is InChI=1S/C15H22N4/c16-19-15(17-13-7-3-4-8-13)18-14-9-11-5-1-2-6-12(11)10-14/h1-2,5-6,13-14H,3-4,7-10,16H2,(H2,17,18,19). The Balaban J connectivity index is 1.62. The summed E-state index contributed by atoms with van der Waals surface area (Å²) >= 11 is 0. The summed E-state index contributed by atoms with van der Waals surface area (Å²) in [6.45, 7) is 0. The van der Waals surface area contributed by atoms with Crippen LogP contribution < -0.4 is 16.6 Å². The summed E-state index contributed by atoms with van der Waals surface area (Å²) < 4.78 is 0. The van der Waals surface area contributed by atoms with Crippen molar-refractivity contribution in [3.8, 4) is 0 Å². The largest absolute Gasteiger partial charge is 0.352 e. The predicted octanol–water partition coefficient (Wildman–Crippen LogP) is 1.51. The molecule has 0 amide bonds. The fourth-order valence-corrected chi connectivity index (χ4v) is 3.19. The molecule has 102 valence electrons. The second-order valence-electron chi connectivity index (χ2n) is 5.58. The normalized spacial score (nSPS) is 20.6. The van der Waals surface area contributed by atoms with E-state index in [1.807, 2.05) is 0 Å². The summed E-state index contributed by atoms with van der Waals surface area (Å²) in [4.78, 5) is 4.69. The lowest BCUT2D eigenvalue weighted by Gasteiger charge is -2.16. The van der Waals surface area contributed by atoms with Crippen LogP contribution in [0.5, 0.6) is 0 Å². The number of rotatable bonds is 2. The third-order valence-electron chi connectivity index (χ3n) is 4.16. The minimum atomic E-state index is 0.411. The summed E-state index contributed by atoms with van der Waals surface area (Å²) in [5.41, 5.74) is 5.61. The number of hydrazine groups is 1. The first-order valence-electron chi connectivity index (χ1n) is 7.23. The van der Waals surface area contributed by atoms with E-state index in [1.54, 1.807) is 0 Å². The van der Waals surface area contributed by atoms with Crippen molar-refractivity contribution in [2.24, 2.45) is 10.8 Å².